The Morgan fingerprint density at radius 2 is 0.355 bits per heavy atom. The van der Waals surface area contributed by atoms with E-state index in [2.05, 4.69) is 404 Å². The Kier molecular flexibility index (Phi) is 22.5. The van der Waals surface area contributed by atoms with E-state index < -0.39 is 0 Å². The van der Waals surface area contributed by atoms with Gasteiger partial charge in [0, 0.05) is 116 Å². The van der Waals surface area contributed by atoms with Crippen molar-refractivity contribution >= 4 is 48.9 Å². The molecule has 0 bridgehead atoms. The van der Waals surface area contributed by atoms with E-state index in [-0.39, 0.29) is 0 Å². The molecule has 0 atom stereocenters. The fourth-order valence-electron chi connectivity index (χ4n) is 18.9. The Bertz CT molecular complexity index is 8360. The van der Waals surface area contributed by atoms with Gasteiger partial charge in [0.25, 0.3) is 0 Å². The number of pyridine rings is 3. The van der Waals surface area contributed by atoms with Gasteiger partial charge in [-0.05, 0) is 103 Å². The first-order valence-electron chi connectivity index (χ1n) is 46.5. The molecule has 0 saturated carbocycles. The highest BCUT2D eigenvalue weighted by Crippen LogP contribution is 2.43. The Labute approximate surface area is 799 Å². The van der Waals surface area contributed by atoms with Gasteiger partial charge >= 0.3 is 0 Å². The van der Waals surface area contributed by atoms with E-state index in [4.69, 9.17) is 45.2 Å². The molecule has 25 rings (SSSR count). The minimum atomic E-state index is 0.684. The lowest BCUT2D eigenvalue weighted by molar-refractivity contribution is 0.979. The van der Waals surface area contributed by atoms with Crippen LogP contribution in [0.1, 0.15) is 16.7 Å². The topological polar surface area (TPSA) is 129 Å². The molecule has 16 aromatic carbocycles. The second-order valence-electron chi connectivity index (χ2n) is 34.6. The Morgan fingerprint density at radius 3 is 0.659 bits per heavy atom. The Morgan fingerprint density at radius 1 is 0.152 bits per heavy atom. The predicted octanol–water partition coefficient (Wildman–Crippen LogP) is 31.4. The molecule has 0 N–H and O–H groups in total. The Balaban J connectivity index is 0.000000116. The zero-order valence-electron chi connectivity index (χ0n) is 76.0. The summed E-state index contributed by atoms with van der Waals surface area (Å²) in [6, 6.07) is 166. The molecule has 12 heteroatoms. The summed E-state index contributed by atoms with van der Waals surface area (Å²) in [6.45, 7) is 6.53. The molecule has 0 aliphatic carbocycles. The first-order chi connectivity index (χ1) is 68.1. The third-order valence-corrected chi connectivity index (χ3v) is 25.8. The number of benzene rings is 16. The van der Waals surface area contributed by atoms with Crippen LogP contribution in [0.4, 0.5) is 0 Å². The molecule has 9 aromatic heterocycles. The standard InChI is InChI=1S/C46H32N4.2C40H28N4/c1-31-44(49-50-43(35-16-7-3-8-17-35)29-37-20-11-12-23-40(37)45(31)50)39-22-13-21-38(28-39)42-30-41(47-46(48-42)36-18-9-4-10-19-36)34-26-24-33(25-27-34)32-14-5-2-6-15-32;1-27-38(43-44-37(29-16-7-3-8-17-29)25-31-20-11-12-23-34(31)39(27)44)33-22-13-21-32(24-33)36-26-35(28-14-5-2-6-15-28)41-40(42-36)30-18-9-4-10-19-30;1-27-38(43-44-37(30-18-9-4-10-19-30)25-31-20-11-12-23-34(31)39(27)44)32-21-13-22-33(24-32)40-41-35(28-14-5-2-6-15-28)26-36(42-40)29-16-7-3-8-17-29/h2-30H,1H3;2*2-26H,1H3. The van der Waals surface area contributed by atoms with Gasteiger partial charge in [0.2, 0.25) is 0 Å². The number of fused-ring (bicyclic) bond motifs is 9. The van der Waals surface area contributed by atoms with Crippen molar-refractivity contribution < 1.29 is 0 Å². The maximum Gasteiger partial charge on any atom is 0.160 e. The van der Waals surface area contributed by atoms with Gasteiger partial charge in [0.1, 0.15) is 0 Å². The van der Waals surface area contributed by atoms with Gasteiger partial charge < -0.3 is 0 Å². The second kappa shape index (κ2) is 37.0. The smallest absolute Gasteiger partial charge is 0.160 e. The fraction of sp³-hybridized carbons (Fsp3) is 0.0238. The van der Waals surface area contributed by atoms with Crippen molar-refractivity contribution in [2.75, 3.05) is 0 Å². The molecular formula is C126H88N12. The minimum absolute atomic E-state index is 0.684. The molecule has 652 valence electrons. The molecule has 0 radical (unpaired) electrons. The van der Waals surface area contributed by atoms with E-state index in [9.17, 15) is 0 Å². The fourth-order valence-corrected chi connectivity index (χ4v) is 18.9. The zero-order valence-corrected chi connectivity index (χ0v) is 76.0. The van der Waals surface area contributed by atoms with E-state index in [0.29, 0.717) is 17.5 Å². The molecule has 9 heterocycles. The van der Waals surface area contributed by atoms with E-state index in [1.54, 1.807) is 0 Å². The SMILES string of the molecule is Cc1c(-c2cccc(-c3cc(-c4ccc(-c5ccccc5)cc4)nc(-c4ccccc4)n3)c2)nn2c(-c3ccccc3)cc3ccccc3c12.Cc1c(-c2cccc(-c3cc(-c4ccccc4)nc(-c4ccccc4)n3)c2)nn2c(-c3ccccc3)cc3ccccc3c12.Cc1c(-c2cccc(-c3nc(-c4ccccc4)cc(-c4ccccc4)n3)c2)nn2c(-c3ccccc3)cc3ccccc3c12. The van der Waals surface area contributed by atoms with Crippen LogP contribution in [-0.2, 0) is 0 Å². The quantitative estimate of drug-likeness (QED) is 0.0928. The van der Waals surface area contributed by atoms with Gasteiger partial charge in [0.15, 0.2) is 17.5 Å². The monoisotopic (exact) mass is 1770 g/mol. The highest BCUT2D eigenvalue weighted by atomic mass is 15.3. The van der Waals surface area contributed by atoms with Crippen LogP contribution in [0.25, 0.3) is 229 Å². The van der Waals surface area contributed by atoms with Crippen molar-refractivity contribution in [3.05, 3.63) is 496 Å². The number of rotatable bonds is 16. The lowest BCUT2D eigenvalue weighted by Gasteiger charge is -2.11. The first-order valence-corrected chi connectivity index (χ1v) is 46.5. The van der Waals surface area contributed by atoms with Crippen molar-refractivity contribution in [3.63, 3.8) is 0 Å². The highest BCUT2D eigenvalue weighted by molar-refractivity contribution is 6.05. The Hall–Kier alpha value is -18.4. The minimum Gasteiger partial charge on any atom is -0.232 e. The zero-order chi connectivity index (χ0) is 92.4. The summed E-state index contributed by atoms with van der Waals surface area (Å²) in [5.74, 6) is 2.08. The lowest BCUT2D eigenvalue weighted by atomic mass is 9.99. The van der Waals surface area contributed by atoms with Crippen molar-refractivity contribution in [2.24, 2.45) is 0 Å². The van der Waals surface area contributed by atoms with Gasteiger partial charge in [-0.2, -0.15) is 15.3 Å². The molecule has 0 aliphatic rings. The average Bonchev–Trinajstić information content (AvgIpc) is 1.59. The summed E-state index contributed by atoms with van der Waals surface area (Å²) in [4.78, 5) is 30.3. The normalized spacial score (nSPS) is 11.3. The van der Waals surface area contributed by atoms with Crippen LogP contribution in [0.15, 0.2) is 479 Å². The maximum atomic E-state index is 5.29. The van der Waals surface area contributed by atoms with Gasteiger partial charge in [0.05, 0.1) is 84.9 Å². The van der Waals surface area contributed by atoms with Crippen LogP contribution >= 0.6 is 0 Å². The third kappa shape index (κ3) is 16.6. The summed E-state index contributed by atoms with van der Waals surface area (Å²) in [5.41, 5.74) is 36.2. The summed E-state index contributed by atoms with van der Waals surface area (Å²) in [7, 11) is 0. The molecule has 138 heavy (non-hydrogen) atoms. The van der Waals surface area contributed by atoms with Crippen LogP contribution in [-0.4, -0.2) is 58.7 Å². The van der Waals surface area contributed by atoms with E-state index >= 15 is 0 Å². The maximum absolute atomic E-state index is 5.29. The van der Waals surface area contributed by atoms with Crippen LogP contribution < -0.4 is 0 Å². The molecule has 0 amide bonds. The summed E-state index contributed by atoms with van der Waals surface area (Å²) in [5, 5.41) is 23.0. The number of aromatic nitrogens is 12. The van der Waals surface area contributed by atoms with Gasteiger partial charge in [-0.25, -0.2) is 43.5 Å². The number of hydrogen-bond acceptors (Lipinski definition) is 9. The molecule has 12 nitrogen and oxygen atoms in total. The van der Waals surface area contributed by atoms with E-state index in [1.807, 2.05) is 109 Å². The predicted molar refractivity (Wildman–Crippen MR) is 566 cm³/mol. The summed E-state index contributed by atoms with van der Waals surface area (Å²) in [6.07, 6.45) is 0. The number of hydrogen-bond donors (Lipinski definition) is 0. The molecule has 0 spiro atoms. The summed E-state index contributed by atoms with van der Waals surface area (Å²) < 4.78 is 6.33. The molecule has 0 unspecified atom stereocenters. The van der Waals surface area contributed by atoms with E-state index in [1.165, 1.54) is 43.4 Å². The summed E-state index contributed by atoms with van der Waals surface area (Å²) >= 11 is 0. The van der Waals surface area contributed by atoms with Crippen LogP contribution in [0.3, 0.4) is 0 Å². The molecular weight excluding hydrogens is 1680 g/mol. The van der Waals surface area contributed by atoms with Crippen molar-refractivity contribution in [1.82, 2.24) is 58.7 Å². The van der Waals surface area contributed by atoms with Crippen molar-refractivity contribution in [3.8, 4) is 180 Å². The van der Waals surface area contributed by atoms with Crippen LogP contribution in [0, 0.1) is 20.8 Å². The van der Waals surface area contributed by atoms with Crippen molar-refractivity contribution in [2.45, 2.75) is 20.8 Å². The van der Waals surface area contributed by atoms with Gasteiger partial charge in [-0.15, -0.1) is 0 Å². The number of nitrogens with zero attached hydrogens (tertiary/aromatic N) is 12. The first kappa shape index (κ1) is 83.9. The molecule has 0 saturated heterocycles. The van der Waals surface area contributed by atoms with Gasteiger partial charge in [-0.3, -0.25) is 0 Å². The highest BCUT2D eigenvalue weighted by Gasteiger charge is 2.25. The number of aryl methyl sites for hydroxylation is 3. The molecule has 0 aliphatic heterocycles. The van der Waals surface area contributed by atoms with Crippen LogP contribution in [0.5, 0.6) is 0 Å². The van der Waals surface area contributed by atoms with Crippen molar-refractivity contribution in [1.29, 1.82) is 0 Å². The molecule has 0 fully saturated rings. The van der Waals surface area contributed by atoms with Crippen LogP contribution in [0.2, 0.25) is 0 Å². The second-order valence-corrected chi connectivity index (χ2v) is 34.6. The molecule has 25 aromatic rings. The largest absolute Gasteiger partial charge is 0.232 e. The third-order valence-electron chi connectivity index (χ3n) is 25.8. The van der Waals surface area contributed by atoms with Gasteiger partial charge in [-0.1, -0.05) is 425 Å². The lowest BCUT2D eigenvalue weighted by Crippen LogP contribution is -1.96. The van der Waals surface area contributed by atoms with E-state index in [0.717, 1.165) is 185 Å². The average molecular weight is 1770 g/mol.